The Morgan fingerprint density at radius 2 is 1.75 bits per heavy atom. The molecule has 1 N–H and O–H groups in total. The minimum absolute atomic E-state index is 0.520. The molecule has 0 saturated heterocycles. The molecule has 3 nitrogen and oxygen atoms in total. The molecule has 2 aromatic carbocycles. The van der Waals surface area contributed by atoms with Gasteiger partial charge in [0, 0.05) is 6.54 Å². The highest BCUT2D eigenvalue weighted by Gasteiger charge is 2.12. The van der Waals surface area contributed by atoms with Gasteiger partial charge in [-0.15, -0.1) is 0 Å². The molecule has 0 radical (unpaired) electrons. The summed E-state index contributed by atoms with van der Waals surface area (Å²) in [6, 6.07) is 12.5. The third kappa shape index (κ3) is 5.53. The lowest BCUT2D eigenvalue weighted by Gasteiger charge is -2.16. The number of ether oxygens (including phenoxy) is 2. The number of halogens is 1. The second-order valence-corrected chi connectivity index (χ2v) is 6.64. The Hall–Kier alpha value is -1.52. The molecule has 0 bridgehead atoms. The molecule has 4 heteroatoms. The maximum atomic E-state index is 6.03. The Balaban J connectivity index is 2.13. The zero-order valence-corrected chi connectivity index (χ0v) is 16.3. The largest absolute Gasteiger partial charge is 0.490 e. The quantitative estimate of drug-likeness (QED) is 0.593. The first-order chi connectivity index (χ1) is 11.6. The van der Waals surface area contributed by atoms with E-state index >= 15 is 0 Å². The van der Waals surface area contributed by atoms with Gasteiger partial charge in [0.2, 0.25) is 0 Å². The van der Waals surface area contributed by atoms with Crippen molar-refractivity contribution in [1.29, 1.82) is 0 Å². The monoisotopic (exact) mass is 391 g/mol. The first-order valence-electron chi connectivity index (χ1n) is 8.48. The Labute approximate surface area is 153 Å². The Bertz CT molecular complexity index is 641. The van der Waals surface area contributed by atoms with Gasteiger partial charge in [0.05, 0.1) is 11.1 Å². The Morgan fingerprint density at radius 1 is 1.00 bits per heavy atom. The van der Waals surface area contributed by atoms with Crippen LogP contribution in [0.3, 0.4) is 0 Å². The second-order valence-electron chi connectivity index (χ2n) is 5.79. The van der Waals surface area contributed by atoms with E-state index in [-0.39, 0.29) is 0 Å². The normalized spacial score (nSPS) is 10.7. The fraction of sp³-hybridized carbons (Fsp3) is 0.400. The van der Waals surface area contributed by atoms with Crippen LogP contribution in [0.2, 0.25) is 0 Å². The standard InChI is InChI=1S/C20H26BrNO2/c1-4-10-22-13-17-11-18(21)20(19(12-17)23-5-2)24-14-16-8-6-15(3)7-9-16/h6-9,11-12,22H,4-5,10,13-14H2,1-3H3. The summed E-state index contributed by atoms with van der Waals surface area (Å²) in [6.07, 6.45) is 1.12. The van der Waals surface area contributed by atoms with Crippen molar-refractivity contribution < 1.29 is 9.47 Å². The molecule has 2 rings (SSSR count). The molecule has 24 heavy (non-hydrogen) atoms. The van der Waals surface area contributed by atoms with E-state index in [1.54, 1.807) is 0 Å². The van der Waals surface area contributed by atoms with Crippen LogP contribution in [-0.4, -0.2) is 13.2 Å². The topological polar surface area (TPSA) is 30.5 Å². The van der Waals surface area contributed by atoms with Crippen LogP contribution in [0.25, 0.3) is 0 Å². The van der Waals surface area contributed by atoms with E-state index in [4.69, 9.17) is 9.47 Å². The highest BCUT2D eigenvalue weighted by atomic mass is 79.9. The van der Waals surface area contributed by atoms with E-state index in [1.165, 1.54) is 11.1 Å². The van der Waals surface area contributed by atoms with E-state index in [2.05, 4.69) is 71.5 Å². The van der Waals surface area contributed by atoms with Crippen LogP contribution >= 0.6 is 15.9 Å². The van der Waals surface area contributed by atoms with Gasteiger partial charge >= 0.3 is 0 Å². The van der Waals surface area contributed by atoms with Crippen LogP contribution in [0.4, 0.5) is 0 Å². The van der Waals surface area contributed by atoms with Gasteiger partial charge in [-0.1, -0.05) is 36.8 Å². The molecule has 0 aromatic heterocycles. The molecule has 0 aliphatic carbocycles. The van der Waals surface area contributed by atoms with Gasteiger partial charge in [-0.05, 0) is 66.0 Å². The molecular formula is C20H26BrNO2. The van der Waals surface area contributed by atoms with Crippen LogP contribution in [0.15, 0.2) is 40.9 Å². The Morgan fingerprint density at radius 3 is 2.42 bits per heavy atom. The number of hydrogen-bond donors (Lipinski definition) is 1. The Kier molecular flexibility index (Phi) is 7.60. The van der Waals surface area contributed by atoms with Crippen molar-refractivity contribution in [3.05, 3.63) is 57.6 Å². The van der Waals surface area contributed by atoms with E-state index < -0.39 is 0 Å². The van der Waals surface area contributed by atoms with Crippen LogP contribution in [-0.2, 0) is 13.2 Å². The van der Waals surface area contributed by atoms with Crippen LogP contribution in [0.5, 0.6) is 11.5 Å². The predicted octanol–water partition coefficient (Wildman–Crippen LogP) is 5.23. The van der Waals surface area contributed by atoms with Gasteiger partial charge in [-0.25, -0.2) is 0 Å². The van der Waals surface area contributed by atoms with Crippen molar-refractivity contribution in [2.24, 2.45) is 0 Å². The maximum absolute atomic E-state index is 6.03. The third-order valence-corrected chi connectivity index (χ3v) is 4.22. The van der Waals surface area contributed by atoms with Gasteiger partial charge in [0.15, 0.2) is 11.5 Å². The zero-order chi connectivity index (χ0) is 17.4. The molecule has 0 atom stereocenters. The summed E-state index contributed by atoms with van der Waals surface area (Å²) in [6.45, 7) is 9.19. The van der Waals surface area contributed by atoms with Crippen LogP contribution in [0.1, 0.15) is 37.0 Å². The van der Waals surface area contributed by atoms with Crippen molar-refractivity contribution in [3.63, 3.8) is 0 Å². The van der Waals surface area contributed by atoms with Crippen molar-refractivity contribution in [2.75, 3.05) is 13.2 Å². The first-order valence-corrected chi connectivity index (χ1v) is 9.27. The molecule has 2 aromatic rings. The molecule has 0 spiro atoms. The van der Waals surface area contributed by atoms with Gasteiger partial charge in [-0.3, -0.25) is 0 Å². The van der Waals surface area contributed by atoms with E-state index in [0.717, 1.165) is 41.0 Å². The number of hydrogen-bond acceptors (Lipinski definition) is 3. The van der Waals surface area contributed by atoms with Crippen LogP contribution < -0.4 is 14.8 Å². The van der Waals surface area contributed by atoms with Crippen molar-refractivity contribution in [2.45, 2.75) is 40.3 Å². The van der Waals surface area contributed by atoms with E-state index in [1.807, 2.05) is 6.92 Å². The summed E-state index contributed by atoms with van der Waals surface area (Å²) in [5.41, 5.74) is 3.57. The summed E-state index contributed by atoms with van der Waals surface area (Å²) in [5, 5.41) is 3.41. The lowest BCUT2D eigenvalue weighted by atomic mass is 10.1. The average molecular weight is 392 g/mol. The number of rotatable bonds is 9. The second kappa shape index (κ2) is 9.70. The third-order valence-electron chi connectivity index (χ3n) is 3.63. The fourth-order valence-corrected chi connectivity index (χ4v) is 2.98. The minimum atomic E-state index is 0.520. The number of nitrogens with one attached hydrogen (secondary N) is 1. The molecule has 0 heterocycles. The molecule has 0 saturated carbocycles. The van der Waals surface area contributed by atoms with Gasteiger partial charge in [0.25, 0.3) is 0 Å². The lowest BCUT2D eigenvalue weighted by Crippen LogP contribution is -2.14. The molecular weight excluding hydrogens is 366 g/mol. The van der Waals surface area contributed by atoms with Crippen molar-refractivity contribution in [1.82, 2.24) is 5.32 Å². The molecule has 0 aliphatic rings. The zero-order valence-electron chi connectivity index (χ0n) is 14.7. The van der Waals surface area contributed by atoms with Gasteiger partial charge in [-0.2, -0.15) is 0 Å². The lowest BCUT2D eigenvalue weighted by molar-refractivity contribution is 0.267. The number of aryl methyl sites for hydroxylation is 1. The summed E-state index contributed by atoms with van der Waals surface area (Å²) in [5.74, 6) is 1.55. The van der Waals surface area contributed by atoms with Crippen LogP contribution in [0, 0.1) is 6.92 Å². The smallest absolute Gasteiger partial charge is 0.175 e. The maximum Gasteiger partial charge on any atom is 0.175 e. The molecule has 0 unspecified atom stereocenters. The molecule has 130 valence electrons. The summed E-state index contributed by atoms with van der Waals surface area (Å²) in [4.78, 5) is 0. The number of benzene rings is 2. The highest BCUT2D eigenvalue weighted by molar-refractivity contribution is 9.10. The van der Waals surface area contributed by atoms with Crippen molar-refractivity contribution >= 4 is 15.9 Å². The van der Waals surface area contributed by atoms with E-state index in [0.29, 0.717) is 13.2 Å². The average Bonchev–Trinajstić information content (AvgIpc) is 2.56. The molecule has 0 amide bonds. The summed E-state index contributed by atoms with van der Waals surface area (Å²) < 4.78 is 12.7. The van der Waals surface area contributed by atoms with Crippen molar-refractivity contribution in [3.8, 4) is 11.5 Å². The van der Waals surface area contributed by atoms with Gasteiger partial charge < -0.3 is 14.8 Å². The summed E-state index contributed by atoms with van der Waals surface area (Å²) >= 11 is 3.63. The van der Waals surface area contributed by atoms with Gasteiger partial charge in [0.1, 0.15) is 6.61 Å². The minimum Gasteiger partial charge on any atom is -0.490 e. The predicted molar refractivity (Wildman–Crippen MR) is 103 cm³/mol. The molecule has 0 aliphatic heterocycles. The SMILES string of the molecule is CCCNCc1cc(Br)c(OCc2ccc(C)cc2)c(OCC)c1. The first kappa shape index (κ1) is 18.8. The fourth-order valence-electron chi connectivity index (χ4n) is 2.38. The van der Waals surface area contributed by atoms with E-state index in [9.17, 15) is 0 Å². The highest BCUT2D eigenvalue weighted by Crippen LogP contribution is 2.37. The molecule has 0 fully saturated rings. The summed E-state index contributed by atoms with van der Waals surface area (Å²) in [7, 11) is 0.